The molecular weight excluding hydrogens is 320 g/mol. The first-order valence-corrected chi connectivity index (χ1v) is 7.71. The van der Waals surface area contributed by atoms with Gasteiger partial charge in [-0.25, -0.2) is 4.79 Å². The smallest absolute Gasteiger partial charge is 0.339 e. The summed E-state index contributed by atoms with van der Waals surface area (Å²) < 4.78 is 5.03. The average molecular weight is 340 g/mol. The van der Waals surface area contributed by atoms with E-state index in [0.717, 1.165) is 0 Å². The number of carbonyl (C=O) groups excluding carboxylic acids is 3. The topological polar surface area (TPSA) is 66.9 Å². The first kappa shape index (κ1) is 18.2. The van der Waals surface area contributed by atoms with Crippen LogP contribution in [0, 0.1) is 0 Å². The number of hydrogen-bond acceptors (Lipinski definition) is 4. The molecule has 0 fully saturated rings. The lowest BCUT2D eigenvalue weighted by Gasteiger charge is -2.19. The van der Waals surface area contributed by atoms with E-state index in [1.165, 1.54) is 15.9 Å². The second-order valence-corrected chi connectivity index (χ2v) is 5.61. The number of carbonyl (C=O) groups is 3. The van der Waals surface area contributed by atoms with Gasteiger partial charge in [0.05, 0.1) is 11.1 Å². The second-order valence-electron chi connectivity index (χ2n) is 5.61. The van der Waals surface area contributed by atoms with E-state index in [2.05, 4.69) is 0 Å². The Balaban J connectivity index is 2.21. The highest BCUT2D eigenvalue weighted by atomic mass is 16.5. The van der Waals surface area contributed by atoms with Crippen molar-refractivity contribution in [2.24, 2.45) is 0 Å². The molecule has 2 amide bonds. The molecule has 0 aliphatic rings. The molecule has 25 heavy (non-hydrogen) atoms. The molecule has 130 valence electrons. The minimum Gasteiger partial charge on any atom is -0.452 e. The number of hydrogen-bond donors (Lipinski definition) is 0. The molecule has 6 nitrogen and oxygen atoms in total. The molecule has 6 heteroatoms. The molecule has 0 aliphatic carbocycles. The van der Waals surface area contributed by atoms with E-state index in [1.54, 1.807) is 51.5 Å². The first-order chi connectivity index (χ1) is 11.9. The fraction of sp³-hybridized carbons (Fsp3) is 0.211. The lowest BCUT2D eigenvalue weighted by Crippen LogP contribution is -2.30. The first-order valence-electron chi connectivity index (χ1n) is 7.71. The van der Waals surface area contributed by atoms with Gasteiger partial charge in [0.25, 0.3) is 11.8 Å². The quantitative estimate of drug-likeness (QED) is 0.783. The number of benzene rings is 2. The zero-order valence-electron chi connectivity index (χ0n) is 14.4. The molecule has 0 heterocycles. The van der Waals surface area contributed by atoms with Crippen LogP contribution in [0.15, 0.2) is 54.6 Å². The van der Waals surface area contributed by atoms with Gasteiger partial charge in [0, 0.05) is 26.8 Å². The second kappa shape index (κ2) is 8.10. The lowest BCUT2D eigenvalue weighted by atomic mass is 10.1. The van der Waals surface area contributed by atoms with E-state index >= 15 is 0 Å². The number of anilines is 1. The van der Waals surface area contributed by atoms with Gasteiger partial charge in [-0.1, -0.05) is 30.3 Å². The van der Waals surface area contributed by atoms with Gasteiger partial charge in [0.2, 0.25) is 0 Å². The maximum Gasteiger partial charge on any atom is 0.339 e. The molecule has 2 aromatic rings. The Morgan fingerprint density at radius 3 is 2.00 bits per heavy atom. The monoisotopic (exact) mass is 340 g/mol. The van der Waals surface area contributed by atoms with Gasteiger partial charge in [0.15, 0.2) is 6.61 Å². The highest BCUT2D eigenvalue weighted by Crippen LogP contribution is 2.18. The van der Waals surface area contributed by atoms with Crippen molar-refractivity contribution in [2.75, 3.05) is 32.6 Å². The SMILES string of the molecule is CN(C)C(=O)COC(=O)c1ccccc1C(=O)N(C)c1ccccc1. The molecule has 0 bridgehead atoms. The van der Waals surface area contributed by atoms with E-state index in [4.69, 9.17) is 4.74 Å². The fourth-order valence-corrected chi connectivity index (χ4v) is 2.13. The van der Waals surface area contributed by atoms with Gasteiger partial charge >= 0.3 is 5.97 Å². The summed E-state index contributed by atoms with van der Waals surface area (Å²) in [5, 5.41) is 0. The Kier molecular flexibility index (Phi) is 5.89. The zero-order valence-corrected chi connectivity index (χ0v) is 14.4. The summed E-state index contributed by atoms with van der Waals surface area (Å²) in [6, 6.07) is 15.5. The van der Waals surface area contributed by atoms with E-state index in [1.807, 2.05) is 18.2 Å². The van der Waals surface area contributed by atoms with Crippen LogP contribution in [-0.2, 0) is 9.53 Å². The molecule has 0 unspecified atom stereocenters. The summed E-state index contributed by atoms with van der Waals surface area (Å²) in [5.74, 6) is -1.38. The summed E-state index contributed by atoms with van der Waals surface area (Å²) in [5.41, 5.74) is 1.05. The van der Waals surface area contributed by atoms with Crippen LogP contribution in [0.2, 0.25) is 0 Å². The van der Waals surface area contributed by atoms with E-state index in [-0.39, 0.29) is 29.5 Å². The maximum absolute atomic E-state index is 12.8. The van der Waals surface area contributed by atoms with Crippen molar-refractivity contribution in [1.29, 1.82) is 0 Å². The van der Waals surface area contributed by atoms with Gasteiger partial charge in [-0.2, -0.15) is 0 Å². The Labute approximate surface area is 146 Å². The molecule has 0 aromatic heterocycles. The third kappa shape index (κ3) is 4.44. The van der Waals surface area contributed by atoms with Gasteiger partial charge < -0.3 is 14.5 Å². The Hall–Kier alpha value is -3.15. The van der Waals surface area contributed by atoms with Gasteiger partial charge in [-0.05, 0) is 24.3 Å². The van der Waals surface area contributed by atoms with E-state index < -0.39 is 5.97 Å². The Morgan fingerprint density at radius 1 is 0.840 bits per heavy atom. The average Bonchev–Trinajstić information content (AvgIpc) is 2.65. The molecule has 0 spiro atoms. The molecule has 0 radical (unpaired) electrons. The largest absolute Gasteiger partial charge is 0.452 e. The summed E-state index contributed by atoms with van der Waals surface area (Å²) in [6.45, 7) is -0.372. The van der Waals surface area contributed by atoms with Gasteiger partial charge in [-0.15, -0.1) is 0 Å². The van der Waals surface area contributed by atoms with Crippen LogP contribution >= 0.6 is 0 Å². The minimum atomic E-state index is -0.708. The van der Waals surface area contributed by atoms with Crippen LogP contribution < -0.4 is 4.90 Å². The molecule has 0 N–H and O–H groups in total. The van der Waals surface area contributed by atoms with Crippen LogP contribution in [-0.4, -0.2) is 50.4 Å². The van der Waals surface area contributed by atoms with Crippen molar-refractivity contribution in [2.45, 2.75) is 0 Å². The Bertz CT molecular complexity index is 772. The van der Waals surface area contributed by atoms with Gasteiger partial charge in [0.1, 0.15) is 0 Å². The number of para-hydroxylation sites is 1. The minimum absolute atomic E-state index is 0.127. The summed E-state index contributed by atoms with van der Waals surface area (Å²) in [4.78, 5) is 39.4. The Morgan fingerprint density at radius 2 is 1.40 bits per heavy atom. The number of likely N-dealkylation sites (N-methyl/N-ethyl adjacent to an activating group) is 1. The van der Waals surface area contributed by atoms with Gasteiger partial charge in [-0.3, -0.25) is 9.59 Å². The third-order valence-corrected chi connectivity index (χ3v) is 3.65. The molecule has 0 atom stereocenters. The van der Waals surface area contributed by atoms with Crippen molar-refractivity contribution in [3.63, 3.8) is 0 Å². The molecular formula is C19H20N2O4. The number of rotatable bonds is 5. The maximum atomic E-state index is 12.8. The van der Waals surface area contributed by atoms with Crippen LogP contribution in [0.25, 0.3) is 0 Å². The van der Waals surface area contributed by atoms with Crippen LogP contribution in [0.1, 0.15) is 20.7 Å². The molecule has 0 saturated heterocycles. The van der Waals surface area contributed by atoms with Crippen molar-refractivity contribution in [3.8, 4) is 0 Å². The van der Waals surface area contributed by atoms with Crippen LogP contribution in [0.3, 0.4) is 0 Å². The highest BCUT2D eigenvalue weighted by Gasteiger charge is 2.22. The normalized spacial score (nSPS) is 10.0. The zero-order chi connectivity index (χ0) is 18.4. The van der Waals surface area contributed by atoms with Crippen molar-refractivity contribution < 1.29 is 19.1 Å². The number of nitrogens with zero attached hydrogens (tertiary/aromatic N) is 2. The number of esters is 1. The van der Waals surface area contributed by atoms with Crippen molar-refractivity contribution >= 4 is 23.5 Å². The summed E-state index contributed by atoms with van der Waals surface area (Å²) >= 11 is 0. The van der Waals surface area contributed by atoms with E-state index in [0.29, 0.717) is 5.69 Å². The lowest BCUT2D eigenvalue weighted by molar-refractivity contribution is -0.131. The molecule has 2 rings (SSSR count). The standard InChI is InChI=1S/C19H20N2O4/c1-20(2)17(22)13-25-19(24)16-12-8-7-11-15(16)18(23)21(3)14-9-5-4-6-10-14/h4-12H,13H2,1-3H3. The predicted octanol–water partition coefficient (Wildman–Crippen LogP) is 2.21. The molecule has 2 aromatic carbocycles. The number of amides is 2. The summed E-state index contributed by atoms with van der Waals surface area (Å²) in [7, 11) is 4.78. The van der Waals surface area contributed by atoms with Crippen molar-refractivity contribution in [3.05, 3.63) is 65.7 Å². The number of ether oxygens (including phenoxy) is 1. The summed E-state index contributed by atoms with van der Waals surface area (Å²) in [6.07, 6.45) is 0. The molecule has 0 aliphatic heterocycles. The fourth-order valence-electron chi connectivity index (χ4n) is 2.13. The van der Waals surface area contributed by atoms with Crippen LogP contribution in [0.4, 0.5) is 5.69 Å². The highest BCUT2D eigenvalue weighted by molar-refractivity contribution is 6.12. The predicted molar refractivity (Wildman–Crippen MR) is 94.6 cm³/mol. The third-order valence-electron chi connectivity index (χ3n) is 3.65. The van der Waals surface area contributed by atoms with E-state index in [9.17, 15) is 14.4 Å². The molecule has 0 saturated carbocycles. The van der Waals surface area contributed by atoms with Crippen LogP contribution in [0.5, 0.6) is 0 Å². The van der Waals surface area contributed by atoms with Crippen molar-refractivity contribution in [1.82, 2.24) is 4.90 Å².